The lowest BCUT2D eigenvalue weighted by Gasteiger charge is -2.26. The smallest absolute Gasteiger partial charge is 0.170 e. The van der Waals surface area contributed by atoms with E-state index in [4.69, 9.17) is 14.7 Å². The van der Waals surface area contributed by atoms with Gasteiger partial charge in [-0.1, -0.05) is 0 Å². The Morgan fingerprint density at radius 3 is 2.84 bits per heavy atom. The van der Waals surface area contributed by atoms with Gasteiger partial charge >= 0.3 is 0 Å². The Morgan fingerprint density at radius 2 is 2.05 bits per heavy atom. The van der Waals surface area contributed by atoms with Gasteiger partial charge in [0.2, 0.25) is 0 Å². The predicted molar refractivity (Wildman–Crippen MR) is 69.7 cm³/mol. The van der Waals surface area contributed by atoms with E-state index in [1.54, 1.807) is 6.20 Å². The summed E-state index contributed by atoms with van der Waals surface area (Å²) in [4.78, 5) is 6.38. The van der Waals surface area contributed by atoms with Crippen LogP contribution in [-0.2, 0) is 9.47 Å². The zero-order valence-corrected chi connectivity index (χ0v) is 10.8. The van der Waals surface area contributed by atoms with Crippen LogP contribution in [0.3, 0.4) is 0 Å². The van der Waals surface area contributed by atoms with E-state index in [1.165, 1.54) is 0 Å². The van der Waals surface area contributed by atoms with E-state index < -0.39 is 0 Å². The molecule has 3 heterocycles. The van der Waals surface area contributed by atoms with Gasteiger partial charge in [0.25, 0.3) is 0 Å². The Bertz CT molecular complexity index is 492. The monoisotopic (exact) mass is 259 g/mol. The summed E-state index contributed by atoms with van der Waals surface area (Å²) in [5.41, 5.74) is 1.61. The Labute approximate surface area is 112 Å². The van der Waals surface area contributed by atoms with Gasteiger partial charge in [-0.15, -0.1) is 0 Å². The van der Waals surface area contributed by atoms with Crippen molar-refractivity contribution in [1.82, 2.24) is 4.98 Å². The van der Waals surface area contributed by atoms with Gasteiger partial charge in [0, 0.05) is 32.1 Å². The van der Waals surface area contributed by atoms with Crippen molar-refractivity contribution in [2.75, 3.05) is 31.2 Å². The number of rotatable bonds is 1. The molecule has 1 spiro atoms. The van der Waals surface area contributed by atoms with Gasteiger partial charge in [-0.25, -0.2) is 0 Å². The molecule has 0 unspecified atom stereocenters. The molecule has 0 saturated carbocycles. The average Bonchev–Trinajstić information content (AvgIpc) is 2.80. The van der Waals surface area contributed by atoms with Gasteiger partial charge in [-0.05, 0) is 12.5 Å². The summed E-state index contributed by atoms with van der Waals surface area (Å²) in [5.74, 6) is -0.366. The Kier molecular flexibility index (Phi) is 3.36. The lowest BCUT2D eigenvalue weighted by molar-refractivity contribution is -0.162. The van der Waals surface area contributed by atoms with E-state index in [-0.39, 0.29) is 5.79 Å². The Morgan fingerprint density at radius 1 is 1.21 bits per heavy atom. The molecular formula is C14H17N3O2. The topological polar surface area (TPSA) is 58.4 Å². The van der Waals surface area contributed by atoms with Crippen LogP contribution in [0.5, 0.6) is 0 Å². The van der Waals surface area contributed by atoms with Gasteiger partial charge in [-0.2, -0.15) is 5.26 Å². The second-order valence-corrected chi connectivity index (χ2v) is 4.99. The minimum atomic E-state index is -0.366. The highest BCUT2D eigenvalue weighted by atomic mass is 16.7. The highest BCUT2D eigenvalue weighted by molar-refractivity contribution is 5.49. The zero-order valence-electron chi connectivity index (χ0n) is 10.8. The van der Waals surface area contributed by atoms with Gasteiger partial charge in [-0.3, -0.25) is 4.98 Å². The molecule has 0 atom stereocenters. The molecule has 0 N–H and O–H groups in total. The number of anilines is 1. The summed E-state index contributed by atoms with van der Waals surface area (Å²) in [7, 11) is 0. The average molecular weight is 259 g/mol. The second-order valence-electron chi connectivity index (χ2n) is 4.99. The highest BCUT2D eigenvalue weighted by Crippen LogP contribution is 2.32. The summed E-state index contributed by atoms with van der Waals surface area (Å²) in [6, 6.07) is 4.02. The maximum atomic E-state index is 8.93. The van der Waals surface area contributed by atoms with Crippen molar-refractivity contribution in [1.29, 1.82) is 5.26 Å². The SMILES string of the molecule is N#Cc1cncc(N2CCCC3(CC2)OCCO3)c1. The van der Waals surface area contributed by atoms with Crippen LogP contribution in [0.15, 0.2) is 18.5 Å². The van der Waals surface area contributed by atoms with E-state index in [1.807, 2.05) is 12.3 Å². The molecule has 0 aliphatic carbocycles. The lowest BCUT2D eigenvalue weighted by Crippen LogP contribution is -2.32. The second kappa shape index (κ2) is 5.16. The summed E-state index contributed by atoms with van der Waals surface area (Å²) >= 11 is 0. The van der Waals surface area contributed by atoms with Crippen LogP contribution in [0.4, 0.5) is 5.69 Å². The first-order valence-corrected chi connectivity index (χ1v) is 6.69. The molecule has 100 valence electrons. The fourth-order valence-corrected chi connectivity index (χ4v) is 2.79. The molecule has 1 aromatic heterocycles. The quantitative estimate of drug-likeness (QED) is 0.768. The fraction of sp³-hybridized carbons (Fsp3) is 0.571. The molecule has 0 amide bonds. The molecule has 1 aromatic rings. The molecule has 0 radical (unpaired) electrons. The number of hydrogen-bond donors (Lipinski definition) is 0. The van der Waals surface area contributed by atoms with Crippen molar-refractivity contribution in [3.8, 4) is 6.07 Å². The van der Waals surface area contributed by atoms with E-state index in [0.29, 0.717) is 18.8 Å². The van der Waals surface area contributed by atoms with Gasteiger partial charge < -0.3 is 14.4 Å². The summed E-state index contributed by atoms with van der Waals surface area (Å²) < 4.78 is 11.5. The number of aromatic nitrogens is 1. The Hall–Kier alpha value is -1.64. The van der Waals surface area contributed by atoms with Crippen LogP contribution in [0.25, 0.3) is 0 Å². The first kappa shape index (κ1) is 12.4. The van der Waals surface area contributed by atoms with E-state index in [2.05, 4.69) is 16.0 Å². The molecule has 2 aliphatic heterocycles. The highest BCUT2D eigenvalue weighted by Gasteiger charge is 2.38. The van der Waals surface area contributed by atoms with Gasteiger partial charge in [0.05, 0.1) is 30.7 Å². The largest absolute Gasteiger partial charge is 0.370 e. The number of nitrogens with zero attached hydrogens (tertiary/aromatic N) is 3. The molecule has 0 bridgehead atoms. The van der Waals surface area contributed by atoms with Crippen molar-refractivity contribution in [3.05, 3.63) is 24.0 Å². The van der Waals surface area contributed by atoms with Crippen LogP contribution in [0, 0.1) is 11.3 Å². The Balaban J connectivity index is 1.74. The maximum absolute atomic E-state index is 8.93. The number of nitriles is 1. The third kappa shape index (κ3) is 2.55. The van der Waals surface area contributed by atoms with E-state index in [9.17, 15) is 0 Å². The van der Waals surface area contributed by atoms with Crippen molar-refractivity contribution >= 4 is 5.69 Å². The molecule has 19 heavy (non-hydrogen) atoms. The molecule has 3 rings (SSSR count). The minimum Gasteiger partial charge on any atom is -0.370 e. The molecule has 2 fully saturated rings. The van der Waals surface area contributed by atoms with Gasteiger partial charge in [0.15, 0.2) is 5.79 Å². The molecule has 2 aliphatic rings. The first-order chi connectivity index (χ1) is 9.31. The molecule has 0 aromatic carbocycles. The standard InChI is InChI=1S/C14H17N3O2/c15-9-12-8-13(11-16-10-12)17-4-1-2-14(3-5-17)18-6-7-19-14/h8,10-11H,1-7H2. The van der Waals surface area contributed by atoms with Crippen molar-refractivity contribution in [2.24, 2.45) is 0 Å². The van der Waals surface area contributed by atoms with Crippen molar-refractivity contribution in [2.45, 2.75) is 25.0 Å². The summed E-state index contributed by atoms with van der Waals surface area (Å²) in [6.07, 6.45) is 6.23. The normalized spacial score (nSPS) is 22.2. The first-order valence-electron chi connectivity index (χ1n) is 6.69. The number of pyridine rings is 1. The predicted octanol–water partition coefficient (Wildman–Crippen LogP) is 1.69. The number of hydrogen-bond acceptors (Lipinski definition) is 5. The summed E-state index contributed by atoms with van der Waals surface area (Å²) in [5, 5.41) is 8.93. The fourth-order valence-electron chi connectivity index (χ4n) is 2.79. The van der Waals surface area contributed by atoms with Crippen LogP contribution in [-0.4, -0.2) is 37.1 Å². The van der Waals surface area contributed by atoms with E-state index in [0.717, 1.165) is 38.0 Å². The molecule has 5 nitrogen and oxygen atoms in total. The maximum Gasteiger partial charge on any atom is 0.170 e. The third-order valence-corrected chi connectivity index (χ3v) is 3.78. The van der Waals surface area contributed by atoms with E-state index >= 15 is 0 Å². The molecule has 2 saturated heterocycles. The molecule has 5 heteroatoms. The summed E-state index contributed by atoms with van der Waals surface area (Å²) in [6.45, 7) is 3.22. The zero-order chi connectivity index (χ0) is 13.1. The van der Waals surface area contributed by atoms with Crippen molar-refractivity contribution < 1.29 is 9.47 Å². The van der Waals surface area contributed by atoms with Crippen LogP contribution >= 0.6 is 0 Å². The van der Waals surface area contributed by atoms with Crippen LogP contribution < -0.4 is 4.90 Å². The van der Waals surface area contributed by atoms with Crippen LogP contribution in [0.1, 0.15) is 24.8 Å². The van der Waals surface area contributed by atoms with Crippen LogP contribution in [0.2, 0.25) is 0 Å². The minimum absolute atomic E-state index is 0.366. The third-order valence-electron chi connectivity index (χ3n) is 3.78. The van der Waals surface area contributed by atoms with Crippen molar-refractivity contribution in [3.63, 3.8) is 0 Å². The van der Waals surface area contributed by atoms with Gasteiger partial charge in [0.1, 0.15) is 6.07 Å². The number of ether oxygens (including phenoxy) is 2. The molecular weight excluding hydrogens is 242 g/mol. The lowest BCUT2D eigenvalue weighted by atomic mass is 10.1.